The summed E-state index contributed by atoms with van der Waals surface area (Å²) in [6, 6.07) is 12.1. The molecule has 35 heavy (non-hydrogen) atoms. The number of carbonyl (C=O) groups excluding carboxylic acids is 1. The van der Waals surface area contributed by atoms with E-state index in [2.05, 4.69) is 37.1 Å². The zero-order valence-corrected chi connectivity index (χ0v) is 21.3. The Morgan fingerprint density at radius 1 is 1.09 bits per heavy atom. The summed E-state index contributed by atoms with van der Waals surface area (Å²) in [4.78, 5) is 28.9. The molecule has 0 aliphatic rings. The molecule has 3 aromatic rings. The highest BCUT2D eigenvalue weighted by atomic mass is 19.1. The summed E-state index contributed by atoms with van der Waals surface area (Å²) in [5, 5.41) is 2.98. The van der Waals surface area contributed by atoms with Crippen LogP contribution in [0.15, 0.2) is 53.3 Å². The molecule has 0 fully saturated rings. The minimum Gasteiger partial charge on any atom is -0.348 e. The lowest BCUT2D eigenvalue weighted by Gasteiger charge is -2.15. The van der Waals surface area contributed by atoms with Gasteiger partial charge in [0.05, 0.1) is 0 Å². The molecule has 1 heterocycles. The summed E-state index contributed by atoms with van der Waals surface area (Å²) < 4.78 is 13.5. The zero-order chi connectivity index (χ0) is 25.5. The molecule has 0 saturated carbocycles. The number of benzene rings is 2. The number of amides is 1. The highest BCUT2D eigenvalue weighted by molar-refractivity contribution is 5.99. The molecule has 0 aliphatic carbocycles. The second kappa shape index (κ2) is 11.8. The third-order valence-corrected chi connectivity index (χ3v) is 6.01. The van der Waals surface area contributed by atoms with Crippen molar-refractivity contribution in [1.29, 1.82) is 0 Å². The number of hydrogen-bond acceptors (Lipinski definition) is 2. The summed E-state index contributed by atoms with van der Waals surface area (Å²) in [6.07, 6.45) is 6.68. The van der Waals surface area contributed by atoms with Gasteiger partial charge in [-0.15, -0.1) is 0 Å². The predicted molar refractivity (Wildman–Crippen MR) is 142 cm³/mol. The first-order chi connectivity index (χ1) is 16.7. The Morgan fingerprint density at radius 3 is 2.46 bits per heavy atom. The number of halogens is 1. The number of aryl methyl sites for hydroxylation is 3. The molecule has 2 aromatic carbocycles. The van der Waals surface area contributed by atoms with E-state index in [4.69, 9.17) is 0 Å². The Bertz CT molecular complexity index is 1270. The summed E-state index contributed by atoms with van der Waals surface area (Å²) in [7, 11) is 0. The summed E-state index contributed by atoms with van der Waals surface area (Å²) in [5.74, 6) is -0.0425. The number of allylic oxidation sites excluding steroid dienone is 1. The largest absolute Gasteiger partial charge is 0.348 e. The molecule has 1 amide bonds. The van der Waals surface area contributed by atoms with Crippen LogP contribution in [-0.2, 0) is 13.0 Å². The smallest absolute Gasteiger partial charge is 0.253 e. The number of aromatic nitrogens is 1. The number of hydrogen-bond donors (Lipinski definition) is 2. The third kappa shape index (κ3) is 6.78. The normalized spacial score (nSPS) is 11.4. The standard InChI is InChI=1S/C30H35FN2O2/c1-6-8-23-16-21(5)33-30(35)28(23)18-32-29(34)27-17-24(22-11-13-25(31)14-12-22)15-20(4)26(27)10-7-9-19(2)3/h7,10-17,19H,6,8-9,18H2,1-5H3,(H,32,34)(H,33,35)/b10-7-. The van der Waals surface area contributed by atoms with Gasteiger partial charge in [0.25, 0.3) is 11.5 Å². The number of carbonyl (C=O) groups is 1. The van der Waals surface area contributed by atoms with E-state index in [0.717, 1.165) is 52.8 Å². The fourth-order valence-corrected chi connectivity index (χ4v) is 4.21. The van der Waals surface area contributed by atoms with Crippen LogP contribution in [0.2, 0.25) is 0 Å². The van der Waals surface area contributed by atoms with Crippen molar-refractivity contribution in [3.05, 3.63) is 98.2 Å². The molecular weight excluding hydrogens is 439 g/mol. The fraction of sp³-hybridized carbons (Fsp3) is 0.333. The fourth-order valence-electron chi connectivity index (χ4n) is 4.21. The van der Waals surface area contributed by atoms with Crippen molar-refractivity contribution in [2.75, 3.05) is 0 Å². The lowest BCUT2D eigenvalue weighted by Crippen LogP contribution is -2.29. The van der Waals surface area contributed by atoms with Gasteiger partial charge < -0.3 is 10.3 Å². The highest BCUT2D eigenvalue weighted by Gasteiger charge is 2.16. The van der Waals surface area contributed by atoms with Gasteiger partial charge in [-0.3, -0.25) is 9.59 Å². The maximum absolute atomic E-state index is 13.5. The van der Waals surface area contributed by atoms with Gasteiger partial charge in [-0.2, -0.15) is 0 Å². The molecule has 0 unspecified atom stereocenters. The van der Waals surface area contributed by atoms with Crippen molar-refractivity contribution < 1.29 is 9.18 Å². The zero-order valence-electron chi connectivity index (χ0n) is 21.3. The van der Waals surface area contributed by atoms with E-state index >= 15 is 0 Å². The van der Waals surface area contributed by atoms with E-state index in [1.807, 2.05) is 38.1 Å². The first kappa shape index (κ1) is 26.1. The molecule has 184 valence electrons. The number of aromatic amines is 1. The first-order valence-electron chi connectivity index (χ1n) is 12.3. The number of nitrogens with one attached hydrogen (secondary N) is 2. The molecule has 3 rings (SSSR count). The summed E-state index contributed by atoms with van der Waals surface area (Å²) >= 11 is 0. The minimum absolute atomic E-state index is 0.152. The van der Waals surface area contributed by atoms with Gasteiger partial charge in [0.15, 0.2) is 0 Å². The second-order valence-corrected chi connectivity index (χ2v) is 9.51. The Morgan fingerprint density at radius 2 is 1.80 bits per heavy atom. The number of rotatable bonds is 9. The van der Waals surface area contributed by atoms with Crippen LogP contribution >= 0.6 is 0 Å². The summed E-state index contributed by atoms with van der Waals surface area (Å²) in [5.41, 5.74) is 6.21. The van der Waals surface area contributed by atoms with Crippen LogP contribution in [0.4, 0.5) is 4.39 Å². The Balaban J connectivity index is 1.99. The molecule has 0 radical (unpaired) electrons. The van der Waals surface area contributed by atoms with Crippen LogP contribution in [0.5, 0.6) is 0 Å². The van der Waals surface area contributed by atoms with Crippen molar-refractivity contribution in [2.45, 2.75) is 60.4 Å². The van der Waals surface area contributed by atoms with Gasteiger partial charge in [-0.25, -0.2) is 4.39 Å². The van der Waals surface area contributed by atoms with E-state index in [1.165, 1.54) is 12.1 Å². The molecule has 2 N–H and O–H groups in total. The monoisotopic (exact) mass is 474 g/mol. The number of H-pyrrole nitrogens is 1. The molecule has 1 aromatic heterocycles. The molecule has 0 atom stereocenters. The summed E-state index contributed by atoms with van der Waals surface area (Å²) in [6.45, 7) is 10.4. The van der Waals surface area contributed by atoms with Gasteiger partial charge in [0, 0.05) is 23.4 Å². The predicted octanol–water partition coefficient (Wildman–Crippen LogP) is 6.74. The highest BCUT2D eigenvalue weighted by Crippen LogP contribution is 2.27. The van der Waals surface area contributed by atoms with E-state index < -0.39 is 0 Å². The average Bonchev–Trinajstić information content (AvgIpc) is 2.79. The molecule has 4 nitrogen and oxygen atoms in total. The first-order valence-corrected chi connectivity index (χ1v) is 12.3. The maximum atomic E-state index is 13.5. The maximum Gasteiger partial charge on any atom is 0.253 e. The van der Waals surface area contributed by atoms with E-state index in [0.29, 0.717) is 17.0 Å². The third-order valence-electron chi connectivity index (χ3n) is 6.01. The molecular formula is C30H35FN2O2. The second-order valence-electron chi connectivity index (χ2n) is 9.51. The van der Waals surface area contributed by atoms with E-state index in [1.54, 1.807) is 12.1 Å². The quantitative estimate of drug-likeness (QED) is 0.361. The van der Waals surface area contributed by atoms with Gasteiger partial charge >= 0.3 is 0 Å². The Kier molecular flexibility index (Phi) is 8.80. The molecule has 0 spiro atoms. The van der Waals surface area contributed by atoms with E-state index in [9.17, 15) is 14.0 Å². The van der Waals surface area contributed by atoms with Gasteiger partial charge in [0.1, 0.15) is 5.82 Å². The minimum atomic E-state index is -0.303. The van der Waals surface area contributed by atoms with Crippen molar-refractivity contribution in [3.63, 3.8) is 0 Å². The molecule has 0 bridgehead atoms. The molecule has 5 heteroatoms. The van der Waals surface area contributed by atoms with Crippen LogP contribution in [0.25, 0.3) is 17.2 Å². The molecule has 0 saturated heterocycles. The van der Waals surface area contributed by atoms with Crippen molar-refractivity contribution in [1.82, 2.24) is 10.3 Å². The van der Waals surface area contributed by atoms with Gasteiger partial charge in [-0.05, 0) is 84.7 Å². The molecule has 0 aliphatic heterocycles. The van der Waals surface area contributed by atoms with Crippen molar-refractivity contribution in [2.24, 2.45) is 5.92 Å². The number of pyridine rings is 1. The van der Waals surface area contributed by atoms with Crippen LogP contribution in [0, 0.1) is 25.6 Å². The van der Waals surface area contributed by atoms with Crippen LogP contribution < -0.4 is 10.9 Å². The SMILES string of the molecule is CCCc1cc(C)[nH]c(=O)c1CNC(=O)c1cc(-c2ccc(F)cc2)cc(C)c1/C=C\CC(C)C. The van der Waals surface area contributed by atoms with Crippen LogP contribution in [-0.4, -0.2) is 10.9 Å². The van der Waals surface area contributed by atoms with Crippen LogP contribution in [0.3, 0.4) is 0 Å². The Labute approximate surface area is 207 Å². The van der Waals surface area contributed by atoms with Crippen molar-refractivity contribution in [3.8, 4) is 11.1 Å². The van der Waals surface area contributed by atoms with Gasteiger partial charge in [0.2, 0.25) is 0 Å². The lowest BCUT2D eigenvalue weighted by molar-refractivity contribution is 0.0950. The van der Waals surface area contributed by atoms with Gasteiger partial charge in [-0.1, -0.05) is 57.5 Å². The van der Waals surface area contributed by atoms with Crippen molar-refractivity contribution >= 4 is 12.0 Å². The Hall–Kier alpha value is -3.47. The van der Waals surface area contributed by atoms with Crippen LogP contribution in [0.1, 0.15) is 71.9 Å². The topological polar surface area (TPSA) is 62.0 Å². The lowest BCUT2D eigenvalue weighted by atomic mass is 9.93. The van der Waals surface area contributed by atoms with E-state index in [-0.39, 0.29) is 23.8 Å². The average molecular weight is 475 g/mol.